The minimum Gasteiger partial charge on any atom is -0.301 e. The Morgan fingerprint density at radius 2 is 1.73 bits per heavy atom. The van der Waals surface area contributed by atoms with Crippen molar-refractivity contribution in [3.8, 4) is 0 Å². The first-order valence-electron chi connectivity index (χ1n) is 4.59. The smallest absolute Gasteiger partial charge is 0.0122 e. The van der Waals surface area contributed by atoms with E-state index in [1.54, 1.807) is 0 Å². The molecule has 0 aromatic rings. The summed E-state index contributed by atoms with van der Waals surface area (Å²) in [7, 11) is 2.20. The van der Waals surface area contributed by atoms with Crippen molar-refractivity contribution < 1.29 is 0 Å². The third-order valence-electron chi connectivity index (χ3n) is 2.43. The van der Waals surface area contributed by atoms with E-state index >= 15 is 0 Å². The van der Waals surface area contributed by atoms with Gasteiger partial charge in [-0.3, -0.25) is 0 Å². The van der Waals surface area contributed by atoms with E-state index in [9.17, 15) is 0 Å². The quantitative estimate of drug-likeness (QED) is 0.609. The lowest BCUT2D eigenvalue weighted by atomic mass is 10.0. The highest BCUT2D eigenvalue weighted by Crippen LogP contribution is 2.13. The predicted molar refractivity (Wildman–Crippen MR) is 51.8 cm³/mol. The minimum absolute atomic E-state index is 0.323. The largest absolute Gasteiger partial charge is 0.301 e. The van der Waals surface area contributed by atoms with E-state index in [1.807, 2.05) is 0 Å². The Kier molecular flexibility index (Phi) is 4.09. The van der Waals surface area contributed by atoms with Gasteiger partial charge in [0.1, 0.15) is 0 Å². The molecule has 0 saturated heterocycles. The molecule has 1 atom stereocenters. The zero-order valence-corrected chi connectivity index (χ0v) is 8.94. The van der Waals surface area contributed by atoms with E-state index < -0.39 is 0 Å². The van der Waals surface area contributed by atoms with E-state index in [0.29, 0.717) is 5.54 Å². The molecule has 0 aliphatic carbocycles. The van der Waals surface area contributed by atoms with Crippen molar-refractivity contribution in [1.82, 2.24) is 4.90 Å². The third-order valence-corrected chi connectivity index (χ3v) is 2.43. The fraction of sp³-hybridized carbons (Fsp3) is 1.00. The topological polar surface area (TPSA) is 3.24 Å². The molecule has 0 radical (unpaired) electrons. The van der Waals surface area contributed by atoms with Gasteiger partial charge in [-0.05, 0) is 33.7 Å². The molecule has 0 heterocycles. The van der Waals surface area contributed by atoms with Crippen LogP contribution in [-0.2, 0) is 0 Å². The summed E-state index contributed by atoms with van der Waals surface area (Å²) in [6, 6.07) is 0. The van der Waals surface area contributed by atoms with Gasteiger partial charge in [-0.1, -0.05) is 20.3 Å². The van der Waals surface area contributed by atoms with E-state index in [2.05, 4.69) is 46.6 Å². The molecule has 0 amide bonds. The molecule has 1 unspecified atom stereocenters. The second-order valence-corrected chi connectivity index (χ2v) is 4.56. The van der Waals surface area contributed by atoms with Crippen LogP contribution in [-0.4, -0.2) is 24.0 Å². The summed E-state index contributed by atoms with van der Waals surface area (Å²) in [5, 5.41) is 0. The first-order valence-corrected chi connectivity index (χ1v) is 4.59. The molecule has 0 rings (SSSR count). The van der Waals surface area contributed by atoms with Crippen LogP contribution in [0.4, 0.5) is 0 Å². The van der Waals surface area contributed by atoms with Crippen LogP contribution in [0.2, 0.25) is 0 Å². The van der Waals surface area contributed by atoms with Crippen LogP contribution in [0.1, 0.15) is 41.0 Å². The molecule has 0 saturated carbocycles. The van der Waals surface area contributed by atoms with Gasteiger partial charge in [0.2, 0.25) is 0 Å². The molecule has 1 heteroatoms. The van der Waals surface area contributed by atoms with Crippen molar-refractivity contribution in [3.63, 3.8) is 0 Å². The first kappa shape index (κ1) is 11.0. The summed E-state index contributed by atoms with van der Waals surface area (Å²) >= 11 is 0. The van der Waals surface area contributed by atoms with Crippen LogP contribution in [0.15, 0.2) is 0 Å². The van der Waals surface area contributed by atoms with Crippen molar-refractivity contribution in [3.05, 3.63) is 0 Å². The summed E-state index contributed by atoms with van der Waals surface area (Å²) in [4.78, 5) is 2.42. The monoisotopic (exact) mass is 157 g/mol. The molecule has 0 fully saturated rings. The third kappa shape index (κ3) is 4.41. The van der Waals surface area contributed by atoms with Crippen LogP contribution < -0.4 is 0 Å². The molecule has 0 aromatic carbocycles. The highest BCUT2D eigenvalue weighted by molar-refractivity contribution is 4.73. The molecule has 0 aliphatic rings. The summed E-state index contributed by atoms with van der Waals surface area (Å²) < 4.78 is 0. The van der Waals surface area contributed by atoms with Gasteiger partial charge in [-0.15, -0.1) is 0 Å². The summed E-state index contributed by atoms with van der Waals surface area (Å²) in [5.41, 5.74) is 0.323. The van der Waals surface area contributed by atoms with Crippen LogP contribution in [0.25, 0.3) is 0 Å². The Morgan fingerprint density at radius 1 is 1.27 bits per heavy atom. The fourth-order valence-electron chi connectivity index (χ4n) is 0.870. The Morgan fingerprint density at radius 3 is 2.00 bits per heavy atom. The highest BCUT2D eigenvalue weighted by atomic mass is 15.2. The van der Waals surface area contributed by atoms with Crippen LogP contribution in [0, 0.1) is 5.92 Å². The van der Waals surface area contributed by atoms with Crippen LogP contribution in [0.3, 0.4) is 0 Å². The van der Waals surface area contributed by atoms with Gasteiger partial charge in [-0.2, -0.15) is 0 Å². The Labute approximate surface area is 71.8 Å². The summed E-state index contributed by atoms with van der Waals surface area (Å²) in [6.07, 6.45) is 1.28. The lowest BCUT2D eigenvalue weighted by molar-refractivity contribution is 0.151. The fourth-order valence-corrected chi connectivity index (χ4v) is 0.870. The van der Waals surface area contributed by atoms with Crippen molar-refractivity contribution in [2.24, 2.45) is 5.92 Å². The summed E-state index contributed by atoms with van der Waals surface area (Å²) in [5.74, 6) is 0.819. The average molecular weight is 157 g/mol. The molecule has 1 nitrogen and oxygen atoms in total. The van der Waals surface area contributed by atoms with E-state index in [1.165, 1.54) is 13.0 Å². The molecular formula is C10H23N. The maximum Gasteiger partial charge on any atom is 0.0122 e. The minimum atomic E-state index is 0.323. The van der Waals surface area contributed by atoms with Gasteiger partial charge in [0.15, 0.2) is 0 Å². The second kappa shape index (κ2) is 4.10. The number of rotatable bonds is 3. The molecule has 11 heavy (non-hydrogen) atoms. The molecular weight excluding hydrogens is 134 g/mol. The van der Waals surface area contributed by atoms with E-state index in [0.717, 1.165) is 5.92 Å². The second-order valence-electron chi connectivity index (χ2n) is 4.56. The van der Waals surface area contributed by atoms with Crippen molar-refractivity contribution >= 4 is 0 Å². The SMILES string of the molecule is CCC(C)CN(C)C(C)(C)C. The molecule has 0 spiro atoms. The molecule has 0 bridgehead atoms. The van der Waals surface area contributed by atoms with Crippen molar-refractivity contribution in [2.75, 3.05) is 13.6 Å². The lowest BCUT2D eigenvalue weighted by Crippen LogP contribution is -2.40. The van der Waals surface area contributed by atoms with Gasteiger partial charge >= 0.3 is 0 Å². The maximum absolute atomic E-state index is 2.42. The number of hydrogen-bond donors (Lipinski definition) is 0. The Balaban J connectivity index is 3.77. The van der Waals surface area contributed by atoms with Crippen molar-refractivity contribution in [2.45, 2.75) is 46.6 Å². The Bertz CT molecular complexity index is 102. The van der Waals surface area contributed by atoms with Crippen molar-refractivity contribution in [1.29, 1.82) is 0 Å². The zero-order chi connectivity index (χ0) is 9.07. The lowest BCUT2D eigenvalue weighted by Gasteiger charge is -2.33. The predicted octanol–water partition coefficient (Wildman–Crippen LogP) is 2.76. The van der Waals surface area contributed by atoms with Gasteiger partial charge in [0.25, 0.3) is 0 Å². The Hall–Kier alpha value is -0.0400. The normalized spacial score (nSPS) is 15.5. The van der Waals surface area contributed by atoms with Crippen LogP contribution >= 0.6 is 0 Å². The molecule has 0 N–H and O–H groups in total. The highest BCUT2D eigenvalue weighted by Gasteiger charge is 2.17. The molecule has 0 aromatic heterocycles. The van der Waals surface area contributed by atoms with Gasteiger partial charge in [0.05, 0.1) is 0 Å². The number of nitrogens with zero attached hydrogens (tertiary/aromatic N) is 1. The summed E-state index contributed by atoms with van der Waals surface area (Å²) in [6.45, 7) is 12.5. The van der Waals surface area contributed by atoms with E-state index in [-0.39, 0.29) is 0 Å². The first-order chi connectivity index (χ1) is 4.88. The average Bonchev–Trinajstić information content (AvgIpc) is 1.85. The molecule has 68 valence electrons. The molecule has 0 aliphatic heterocycles. The maximum atomic E-state index is 2.42. The van der Waals surface area contributed by atoms with E-state index in [4.69, 9.17) is 0 Å². The van der Waals surface area contributed by atoms with Gasteiger partial charge < -0.3 is 4.90 Å². The standard InChI is InChI=1S/C10H23N/c1-7-9(2)8-11(6)10(3,4)5/h9H,7-8H2,1-6H3. The van der Waals surface area contributed by atoms with Gasteiger partial charge in [-0.25, -0.2) is 0 Å². The van der Waals surface area contributed by atoms with Crippen LogP contribution in [0.5, 0.6) is 0 Å². The number of hydrogen-bond acceptors (Lipinski definition) is 1. The zero-order valence-electron chi connectivity index (χ0n) is 8.94. The van der Waals surface area contributed by atoms with Gasteiger partial charge in [0, 0.05) is 12.1 Å².